The van der Waals surface area contributed by atoms with Crippen molar-refractivity contribution in [1.82, 2.24) is 15.5 Å². The summed E-state index contributed by atoms with van der Waals surface area (Å²) in [6.45, 7) is 1.57. The van der Waals surface area contributed by atoms with Gasteiger partial charge >= 0.3 is 0 Å². The van der Waals surface area contributed by atoms with E-state index in [0.717, 1.165) is 37.7 Å². The molecule has 0 aliphatic carbocycles. The Labute approximate surface area is 191 Å². The van der Waals surface area contributed by atoms with Gasteiger partial charge in [-0.05, 0) is 62.3 Å². The number of benzene rings is 2. The number of likely N-dealkylation sites (tertiary alicyclic amines) is 1. The van der Waals surface area contributed by atoms with E-state index >= 15 is 0 Å². The molecule has 172 valence electrons. The summed E-state index contributed by atoms with van der Waals surface area (Å²) < 4.78 is 0. The van der Waals surface area contributed by atoms with Crippen molar-refractivity contribution in [3.63, 3.8) is 0 Å². The largest absolute Gasteiger partial charge is 0.395 e. The first-order valence-electron chi connectivity index (χ1n) is 11.6. The highest BCUT2D eigenvalue weighted by molar-refractivity contribution is 5.95. The molecule has 3 rings (SSSR count). The van der Waals surface area contributed by atoms with Crippen molar-refractivity contribution in [2.24, 2.45) is 0 Å². The highest BCUT2D eigenvalue weighted by Crippen LogP contribution is 2.31. The van der Waals surface area contributed by atoms with Crippen LogP contribution in [0.4, 0.5) is 0 Å². The molecule has 1 atom stereocenters. The van der Waals surface area contributed by atoms with Gasteiger partial charge in [-0.1, -0.05) is 48.5 Å². The number of nitrogens with zero attached hydrogens (tertiary/aromatic N) is 1. The minimum Gasteiger partial charge on any atom is -0.395 e. The van der Waals surface area contributed by atoms with Crippen molar-refractivity contribution in [2.75, 3.05) is 33.3 Å². The molecule has 1 aliphatic heterocycles. The quantitative estimate of drug-likeness (QED) is 0.534. The van der Waals surface area contributed by atoms with E-state index in [9.17, 15) is 9.59 Å². The summed E-state index contributed by atoms with van der Waals surface area (Å²) >= 11 is 0. The number of aryl methyl sites for hydroxylation is 1. The highest BCUT2D eigenvalue weighted by atomic mass is 16.3. The Morgan fingerprint density at radius 3 is 2.44 bits per heavy atom. The SMILES string of the molecule is CN[C@H](CCCc1ccccc1)C(=O)N1CCC(c2ccccc2C(=O)NCCO)CC1. The molecule has 0 radical (unpaired) electrons. The summed E-state index contributed by atoms with van der Waals surface area (Å²) in [5.74, 6) is 0.274. The maximum Gasteiger partial charge on any atom is 0.251 e. The van der Waals surface area contributed by atoms with E-state index in [1.165, 1.54) is 5.56 Å². The summed E-state index contributed by atoms with van der Waals surface area (Å²) in [6.07, 6.45) is 4.45. The number of hydrogen-bond donors (Lipinski definition) is 3. The lowest BCUT2D eigenvalue weighted by molar-refractivity contribution is -0.134. The lowest BCUT2D eigenvalue weighted by atomic mass is 9.86. The number of aliphatic hydroxyl groups is 1. The van der Waals surface area contributed by atoms with Crippen LogP contribution in [0.3, 0.4) is 0 Å². The van der Waals surface area contributed by atoms with Crippen LogP contribution >= 0.6 is 0 Å². The fourth-order valence-corrected chi connectivity index (χ4v) is 4.50. The third-order valence-electron chi connectivity index (χ3n) is 6.30. The number of piperidine rings is 1. The number of likely N-dealkylation sites (N-methyl/N-ethyl adjacent to an activating group) is 1. The Morgan fingerprint density at radius 1 is 1.06 bits per heavy atom. The van der Waals surface area contributed by atoms with Crippen LogP contribution in [-0.2, 0) is 11.2 Å². The van der Waals surface area contributed by atoms with E-state index in [2.05, 4.69) is 34.9 Å². The molecule has 1 heterocycles. The third kappa shape index (κ3) is 6.40. The summed E-state index contributed by atoms with van der Waals surface area (Å²) in [5, 5.41) is 14.9. The van der Waals surface area contributed by atoms with Crippen molar-refractivity contribution < 1.29 is 14.7 Å². The van der Waals surface area contributed by atoms with Crippen molar-refractivity contribution >= 4 is 11.8 Å². The molecule has 6 nitrogen and oxygen atoms in total. The maximum atomic E-state index is 13.1. The molecule has 0 saturated carbocycles. The number of nitrogens with one attached hydrogen (secondary N) is 2. The Bertz CT molecular complexity index is 864. The molecule has 0 aromatic heterocycles. The molecule has 2 aromatic rings. The van der Waals surface area contributed by atoms with Crippen LogP contribution in [0.1, 0.15) is 53.1 Å². The third-order valence-corrected chi connectivity index (χ3v) is 6.30. The van der Waals surface area contributed by atoms with Crippen LogP contribution in [0.15, 0.2) is 54.6 Å². The van der Waals surface area contributed by atoms with E-state index < -0.39 is 0 Å². The summed E-state index contributed by atoms with van der Waals surface area (Å²) in [5.41, 5.74) is 3.00. The fraction of sp³-hybridized carbons (Fsp3) is 0.462. The molecule has 2 amide bonds. The predicted molar refractivity (Wildman–Crippen MR) is 127 cm³/mol. The van der Waals surface area contributed by atoms with Crippen LogP contribution in [0, 0.1) is 0 Å². The number of carbonyl (C=O) groups excluding carboxylic acids is 2. The fourth-order valence-electron chi connectivity index (χ4n) is 4.50. The number of hydrogen-bond acceptors (Lipinski definition) is 4. The Morgan fingerprint density at radius 2 is 1.75 bits per heavy atom. The molecule has 1 aliphatic rings. The highest BCUT2D eigenvalue weighted by Gasteiger charge is 2.29. The lowest BCUT2D eigenvalue weighted by Crippen LogP contribution is -2.48. The Hall–Kier alpha value is -2.70. The lowest BCUT2D eigenvalue weighted by Gasteiger charge is -2.35. The maximum absolute atomic E-state index is 13.1. The first-order chi connectivity index (χ1) is 15.6. The van der Waals surface area contributed by atoms with Crippen molar-refractivity contribution in [3.8, 4) is 0 Å². The molecule has 6 heteroatoms. The smallest absolute Gasteiger partial charge is 0.251 e. The number of rotatable bonds is 10. The number of aliphatic hydroxyl groups excluding tert-OH is 1. The van der Waals surface area contributed by atoms with Gasteiger partial charge in [-0.25, -0.2) is 0 Å². The molecular formula is C26H35N3O3. The normalized spacial score (nSPS) is 15.4. The second-order valence-electron chi connectivity index (χ2n) is 8.39. The van der Waals surface area contributed by atoms with Gasteiger partial charge in [0.15, 0.2) is 0 Å². The van der Waals surface area contributed by atoms with Gasteiger partial charge in [-0.3, -0.25) is 9.59 Å². The molecule has 0 bridgehead atoms. The van der Waals surface area contributed by atoms with Gasteiger partial charge in [-0.15, -0.1) is 0 Å². The summed E-state index contributed by atoms with van der Waals surface area (Å²) in [4.78, 5) is 27.5. The molecule has 0 spiro atoms. The standard InChI is InChI=1S/C26H35N3O3/c1-27-24(13-7-10-20-8-3-2-4-9-20)26(32)29-17-14-21(15-18-29)22-11-5-6-12-23(22)25(31)28-16-19-30/h2-6,8-9,11-12,21,24,27,30H,7,10,13-19H2,1H3,(H,28,31)/t24-/m1/s1. The first-order valence-corrected chi connectivity index (χ1v) is 11.6. The van der Waals surface area contributed by atoms with Gasteiger partial charge in [0.1, 0.15) is 0 Å². The van der Waals surface area contributed by atoms with Gasteiger partial charge in [-0.2, -0.15) is 0 Å². The van der Waals surface area contributed by atoms with Crippen molar-refractivity contribution in [2.45, 2.75) is 44.1 Å². The molecule has 3 N–H and O–H groups in total. The van der Waals surface area contributed by atoms with Gasteiger partial charge in [0, 0.05) is 25.2 Å². The average Bonchev–Trinajstić information content (AvgIpc) is 2.85. The van der Waals surface area contributed by atoms with Gasteiger partial charge in [0.05, 0.1) is 12.6 Å². The van der Waals surface area contributed by atoms with Crippen LogP contribution in [0.5, 0.6) is 0 Å². The first kappa shape index (κ1) is 24.0. The van der Waals surface area contributed by atoms with Gasteiger partial charge in [0.25, 0.3) is 5.91 Å². The number of amides is 2. The minimum absolute atomic E-state index is 0.0770. The molecule has 0 unspecified atom stereocenters. The zero-order valence-corrected chi connectivity index (χ0v) is 18.9. The zero-order chi connectivity index (χ0) is 22.8. The number of carbonyl (C=O) groups is 2. The molecular weight excluding hydrogens is 402 g/mol. The topological polar surface area (TPSA) is 81.7 Å². The second-order valence-corrected chi connectivity index (χ2v) is 8.39. The van der Waals surface area contributed by atoms with Crippen LogP contribution in [0.2, 0.25) is 0 Å². The molecule has 1 fully saturated rings. The van der Waals surface area contributed by atoms with E-state index in [1.807, 2.05) is 42.3 Å². The van der Waals surface area contributed by atoms with Gasteiger partial charge in [0.2, 0.25) is 5.91 Å². The predicted octanol–water partition coefficient (Wildman–Crippen LogP) is 2.73. The van der Waals surface area contributed by atoms with Crippen LogP contribution < -0.4 is 10.6 Å². The zero-order valence-electron chi connectivity index (χ0n) is 18.9. The monoisotopic (exact) mass is 437 g/mol. The van der Waals surface area contributed by atoms with E-state index in [1.54, 1.807) is 0 Å². The van der Waals surface area contributed by atoms with E-state index in [0.29, 0.717) is 18.7 Å². The Kier molecular flexibility index (Phi) is 9.26. The van der Waals surface area contributed by atoms with Crippen LogP contribution in [-0.4, -0.2) is 61.2 Å². The van der Waals surface area contributed by atoms with E-state index in [4.69, 9.17) is 5.11 Å². The van der Waals surface area contributed by atoms with Crippen molar-refractivity contribution in [3.05, 3.63) is 71.3 Å². The molecule has 1 saturated heterocycles. The second kappa shape index (κ2) is 12.4. The molecule has 32 heavy (non-hydrogen) atoms. The van der Waals surface area contributed by atoms with Crippen LogP contribution in [0.25, 0.3) is 0 Å². The van der Waals surface area contributed by atoms with E-state index in [-0.39, 0.29) is 36.9 Å². The Balaban J connectivity index is 1.53. The van der Waals surface area contributed by atoms with Crippen molar-refractivity contribution in [1.29, 1.82) is 0 Å². The van der Waals surface area contributed by atoms with Gasteiger partial charge < -0.3 is 20.6 Å². The summed E-state index contributed by atoms with van der Waals surface area (Å²) in [6, 6.07) is 17.9. The average molecular weight is 438 g/mol. The minimum atomic E-state index is -0.160. The molecule has 2 aromatic carbocycles. The summed E-state index contributed by atoms with van der Waals surface area (Å²) in [7, 11) is 1.86.